The topological polar surface area (TPSA) is 84.8 Å². The Morgan fingerprint density at radius 2 is 2.29 bits per heavy atom. The van der Waals surface area contributed by atoms with Crippen molar-refractivity contribution in [2.45, 2.75) is 26.3 Å². The summed E-state index contributed by atoms with van der Waals surface area (Å²) in [6.45, 7) is 5.04. The Labute approximate surface area is 123 Å². The van der Waals surface area contributed by atoms with E-state index in [9.17, 15) is 9.90 Å². The molecule has 0 bridgehead atoms. The molecule has 1 N–H and O–H groups in total. The Hall–Kier alpha value is -1.89. The lowest BCUT2D eigenvalue weighted by Gasteiger charge is -2.26. The fourth-order valence-electron chi connectivity index (χ4n) is 2.27. The van der Waals surface area contributed by atoms with Gasteiger partial charge in [-0.3, -0.25) is 4.79 Å². The van der Waals surface area contributed by atoms with Gasteiger partial charge in [0.05, 0.1) is 25.9 Å². The van der Waals surface area contributed by atoms with Gasteiger partial charge in [-0.15, -0.1) is 0 Å². The van der Waals surface area contributed by atoms with Crippen molar-refractivity contribution in [3.63, 3.8) is 0 Å². The summed E-state index contributed by atoms with van der Waals surface area (Å²) in [4.78, 5) is 21.7. The van der Waals surface area contributed by atoms with Crippen LogP contribution in [0.2, 0.25) is 0 Å². The van der Waals surface area contributed by atoms with E-state index in [1.807, 2.05) is 13.8 Å². The minimum Gasteiger partial charge on any atom is -0.481 e. The summed E-state index contributed by atoms with van der Waals surface area (Å²) in [5.41, 5.74) is 0.781. The van der Waals surface area contributed by atoms with Crippen molar-refractivity contribution in [3.8, 4) is 5.88 Å². The predicted octanol–water partition coefficient (Wildman–Crippen LogP) is 1.11. The number of carbonyl (C=O) groups is 1. The van der Waals surface area contributed by atoms with Crippen LogP contribution in [0.4, 0.5) is 5.95 Å². The summed E-state index contributed by atoms with van der Waals surface area (Å²) in [6, 6.07) is 1.50. The summed E-state index contributed by atoms with van der Waals surface area (Å²) in [5.74, 6) is -0.460. The third kappa shape index (κ3) is 3.60. The van der Waals surface area contributed by atoms with Crippen LogP contribution in [0, 0.1) is 12.8 Å². The number of likely N-dealkylation sites (N-methyl/N-ethyl adjacent to an activating group) is 1. The second-order valence-electron chi connectivity index (χ2n) is 5.16. The summed E-state index contributed by atoms with van der Waals surface area (Å²) in [5, 5.41) is 9.23. The number of rotatable bonds is 6. The van der Waals surface area contributed by atoms with Gasteiger partial charge in [0.2, 0.25) is 11.8 Å². The molecule has 1 aliphatic rings. The van der Waals surface area contributed by atoms with E-state index in [1.54, 1.807) is 18.0 Å². The average molecular weight is 295 g/mol. The number of carboxylic acids is 1. The molecule has 0 spiro atoms. The Morgan fingerprint density at radius 3 is 2.95 bits per heavy atom. The van der Waals surface area contributed by atoms with Crippen molar-refractivity contribution in [2.24, 2.45) is 5.92 Å². The summed E-state index contributed by atoms with van der Waals surface area (Å²) < 4.78 is 10.8. The normalized spacial score (nSPS) is 21.3. The third-order valence-electron chi connectivity index (χ3n) is 3.45. The van der Waals surface area contributed by atoms with Gasteiger partial charge in [-0.2, -0.15) is 4.98 Å². The summed E-state index contributed by atoms with van der Waals surface area (Å²) in [7, 11) is 1.79. The Kier molecular flexibility index (Phi) is 4.95. The Balaban J connectivity index is 2.19. The van der Waals surface area contributed by atoms with Crippen LogP contribution in [0.25, 0.3) is 0 Å². The third-order valence-corrected chi connectivity index (χ3v) is 3.45. The first-order valence-electron chi connectivity index (χ1n) is 7.04. The molecule has 0 aromatic carbocycles. The van der Waals surface area contributed by atoms with Crippen molar-refractivity contribution in [1.82, 2.24) is 9.97 Å². The molecule has 116 valence electrons. The molecule has 2 atom stereocenters. The largest absolute Gasteiger partial charge is 0.481 e. The smallest absolute Gasteiger partial charge is 0.311 e. The Morgan fingerprint density at radius 1 is 1.52 bits per heavy atom. The van der Waals surface area contributed by atoms with Crippen LogP contribution in [-0.2, 0) is 9.53 Å². The quantitative estimate of drug-likeness (QED) is 0.841. The maximum Gasteiger partial charge on any atom is 0.311 e. The number of aromatic nitrogens is 2. The van der Waals surface area contributed by atoms with Crippen LogP contribution in [-0.4, -0.2) is 54.0 Å². The van der Waals surface area contributed by atoms with Crippen molar-refractivity contribution >= 4 is 11.9 Å². The molecule has 2 unspecified atom stereocenters. The maximum atomic E-state index is 11.3. The molecule has 1 aromatic rings. The molecular weight excluding hydrogens is 274 g/mol. The second-order valence-corrected chi connectivity index (χ2v) is 5.16. The molecular formula is C14H21N3O4. The maximum absolute atomic E-state index is 11.3. The standard InChI is InChI=1S/C14H21N3O4/c1-4-5-21-12-6-9(2)15-14(16-12)17(3)11-8-20-7-10(11)13(18)19/h6,10-11H,4-5,7-8H2,1-3H3,(H,18,19). The van der Waals surface area contributed by atoms with Crippen LogP contribution >= 0.6 is 0 Å². The van der Waals surface area contributed by atoms with Gasteiger partial charge < -0.3 is 19.5 Å². The molecule has 0 radical (unpaired) electrons. The number of carboxylic acid groups (broad SMARTS) is 1. The van der Waals surface area contributed by atoms with Crippen LogP contribution in [0.3, 0.4) is 0 Å². The molecule has 2 heterocycles. The van der Waals surface area contributed by atoms with E-state index >= 15 is 0 Å². The number of aliphatic carboxylic acids is 1. The highest BCUT2D eigenvalue weighted by atomic mass is 16.5. The lowest BCUT2D eigenvalue weighted by molar-refractivity contribution is -0.141. The highest BCUT2D eigenvalue weighted by Gasteiger charge is 2.37. The lowest BCUT2D eigenvalue weighted by atomic mass is 10.0. The van der Waals surface area contributed by atoms with Crippen LogP contribution in [0.15, 0.2) is 6.07 Å². The van der Waals surface area contributed by atoms with Gasteiger partial charge >= 0.3 is 5.97 Å². The fraction of sp³-hybridized carbons (Fsp3) is 0.643. The predicted molar refractivity (Wildman–Crippen MR) is 76.7 cm³/mol. The first-order valence-corrected chi connectivity index (χ1v) is 7.04. The monoisotopic (exact) mass is 295 g/mol. The molecule has 2 rings (SSSR count). The number of ether oxygens (including phenoxy) is 2. The van der Waals surface area contributed by atoms with Crippen molar-refractivity contribution in [1.29, 1.82) is 0 Å². The van der Waals surface area contributed by atoms with Gasteiger partial charge in [0.25, 0.3) is 0 Å². The van der Waals surface area contributed by atoms with Gasteiger partial charge in [0.15, 0.2) is 0 Å². The number of aryl methyl sites for hydroxylation is 1. The highest BCUT2D eigenvalue weighted by molar-refractivity contribution is 5.72. The van der Waals surface area contributed by atoms with Gasteiger partial charge in [-0.05, 0) is 13.3 Å². The van der Waals surface area contributed by atoms with E-state index in [0.29, 0.717) is 25.0 Å². The molecule has 21 heavy (non-hydrogen) atoms. The van der Waals surface area contributed by atoms with Crippen molar-refractivity contribution in [3.05, 3.63) is 11.8 Å². The van der Waals surface area contributed by atoms with Crippen LogP contribution < -0.4 is 9.64 Å². The molecule has 0 aliphatic carbocycles. The molecule has 0 amide bonds. The van der Waals surface area contributed by atoms with Gasteiger partial charge in [0.1, 0.15) is 5.92 Å². The van der Waals surface area contributed by atoms with E-state index < -0.39 is 11.9 Å². The number of hydrogen-bond acceptors (Lipinski definition) is 6. The molecule has 7 nitrogen and oxygen atoms in total. The number of anilines is 1. The number of nitrogens with zero attached hydrogens (tertiary/aromatic N) is 3. The molecule has 1 aliphatic heterocycles. The zero-order valence-corrected chi connectivity index (χ0v) is 12.6. The first-order chi connectivity index (χ1) is 10.0. The van der Waals surface area contributed by atoms with E-state index in [2.05, 4.69) is 9.97 Å². The summed E-state index contributed by atoms with van der Waals surface area (Å²) >= 11 is 0. The van der Waals surface area contributed by atoms with Crippen LogP contribution in [0.5, 0.6) is 5.88 Å². The van der Waals surface area contributed by atoms with E-state index in [-0.39, 0.29) is 12.6 Å². The van der Waals surface area contributed by atoms with Gasteiger partial charge in [0, 0.05) is 18.8 Å². The zero-order chi connectivity index (χ0) is 15.4. The average Bonchev–Trinajstić information content (AvgIpc) is 2.93. The lowest BCUT2D eigenvalue weighted by Crippen LogP contribution is -2.41. The minimum atomic E-state index is -0.862. The molecule has 1 aromatic heterocycles. The SMILES string of the molecule is CCCOc1cc(C)nc(N(C)C2COCC2C(=O)O)n1. The van der Waals surface area contributed by atoms with Crippen molar-refractivity contribution < 1.29 is 19.4 Å². The van der Waals surface area contributed by atoms with Crippen molar-refractivity contribution in [2.75, 3.05) is 31.8 Å². The highest BCUT2D eigenvalue weighted by Crippen LogP contribution is 2.24. The first kappa shape index (κ1) is 15.5. The molecule has 1 saturated heterocycles. The van der Waals surface area contributed by atoms with E-state index in [1.165, 1.54) is 0 Å². The molecule has 0 saturated carbocycles. The van der Waals surface area contributed by atoms with E-state index in [4.69, 9.17) is 9.47 Å². The Bertz CT molecular complexity index is 509. The number of hydrogen-bond donors (Lipinski definition) is 1. The van der Waals surface area contributed by atoms with Crippen LogP contribution in [0.1, 0.15) is 19.0 Å². The van der Waals surface area contributed by atoms with Gasteiger partial charge in [-0.25, -0.2) is 4.98 Å². The second kappa shape index (κ2) is 6.71. The van der Waals surface area contributed by atoms with Gasteiger partial charge in [-0.1, -0.05) is 6.92 Å². The van der Waals surface area contributed by atoms with E-state index in [0.717, 1.165) is 12.1 Å². The molecule has 1 fully saturated rings. The minimum absolute atomic E-state index is 0.218. The zero-order valence-electron chi connectivity index (χ0n) is 12.6. The fourth-order valence-corrected chi connectivity index (χ4v) is 2.27. The summed E-state index contributed by atoms with van der Waals surface area (Å²) in [6.07, 6.45) is 0.895. The molecule has 7 heteroatoms.